The highest BCUT2D eigenvalue weighted by atomic mass is 16.4. The summed E-state index contributed by atoms with van der Waals surface area (Å²) in [5, 5.41) is 47.9. The molecule has 1 aliphatic heterocycles. The molecular formula is C12H20N2O8. The Hall–Kier alpha value is -1.75. The van der Waals surface area contributed by atoms with Crippen LogP contribution in [0.1, 0.15) is 12.8 Å². The third-order valence-corrected chi connectivity index (χ3v) is 3.56. The van der Waals surface area contributed by atoms with Crippen molar-refractivity contribution in [2.24, 2.45) is 0 Å². The Morgan fingerprint density at radius 3 is 2.18 bits per heavy atom. The van der Waals surface area contributed by atoms with Gasteiger partial charge in [-0.2, -0.15) is 0 Å². The highest BCUT2D eigenvalue weighted by Gasteiger charge is 2.37. The van der Waals surface area contributed by atoms with Crippen molar-refractivity contribution in [2.45, 2.75) is 37.1 Å². The van der Waals surface area contributed by atoms with Crippen LogP contribution in [0.15, 0.2) is 0 Å². The summed E-state index contributed by atoms with van der Waals surface area (Å²) in [7, 11) is 0. The van der Waals surface area contributed by atoms with Gasteiger partial charge in [0.05, 0.1) is 6.10 Å². The molecule has 0 amide bonds. The number of aliphatic hydroxyl groups is 2. The molecule has 0 unspecified atom stereocenters. The molecule has 1 saturated heterocycles. The fourth-order valence-corrected chi connectivity index (χ4v) is 2.17. The molecule has 0 aromatic heterocycles. The van der Waals surface area contributed by atoms with E-state index in [4.69, 9.17) is 20.4 Å². The second-order valence-electron chi connectivity index (χ2n) is 5.12. The highest BCUT2D eigenvalue weighted by Crippen LogP contribution is 2.18. The van der Waals surface area contributed by atoms with Gasteiger partial charge in [0.2, 0.25) is 0 Å². The van der Waals surface area contributed by atoms with Crippen LogP contribution in [-0.4, -0.2) is 92.3 Å². The fraction of sp³-hybridized carbons (Fsp3) is 0.750. The number of hydrogen-bond acceptors (Lipinski definition) is 7. The van der Waals surface area contributed by atoms with Crippen molar-refractivity contribution < 1.29 is 39.9 Å². The normalized spacial score (nSPS) is 22.4. The lowest BCUT2D eigenvalue weighted by Crippen LogP contribution is -2.58. The summed E-state index contributed by atoms with van der Waals surface area (Å²) in [5.74, 6) is -3.79. The number of carboxylic acid groups (broad SMARTS) is 3. The smallest absolute Gasteiger partial charge is 0.332 e. The highest BCUT2D eigenvalue weighted by molar-refractivity contribution is 5.75. The molecule has 0 spiro atoms. The molecule has 126 valence electrons. The lowest BCUT2D eigenvalue weighted by Gasteiger charge is -2.39. The molecule has 10 heteroatoms. The summed E-state index contributed by atoms with van der Waals surface area (Å²) in [4.78, 5) is 33.9. The summed E-state index contributed by atoms with van der Waals surface area (Å²) in [6.07, 6.45) is -2.75. The summed E-state index contributed by atoms with van der Waals surface area (Å²) in [6, 6.07) is -2.10. The Labute approximate surface area is 126 Å². The maximum absolute atomic E-state index is 11.1. The molecule has 1 rings (SSSR count). The van der Waals surface area contributed by atoms with E-state index in [0.717, 1.165) is 0 Å². The quantitative estimate of drug-likeness (QED) is 0.251. The molecule has 0 bridgehead atoms. The molecule has 1 aliphatic rings. The molecule has 1 fully saturated rings. The average molecular weight is 320 g/mol. The first-order valence-electron chi connectivity index (χ1n) is 6.76. The van der Waals surface area contributed by atoms with Crippen LogP contribution in [0.5, 0.6) is 0 Å². The molecule has 0 aromatic carbocycles. The predicted octanol–water partition coefficient (Wildman–Crippen LogP) is -2.62. The molecule has 0 saturated carbocycles. The van der Waals surface area contributed by atoms with Gasteiger partial charge in [0.1, 0.15) is 12.1 Å². The number of rotatable bonds is 10. The summed E-state index contributed by atoms with van der Waals surface area (Å²) < 4.78 is 0. The second kappa shape index (κ2) is 8.03. The van der Waals surface area contributed by atoms with Crippen molar-refractivity contribution in [1.82, 2.24) is 10.2 Å². The van der Waals surface area contributed by atoms with Gasteiger partial charge < -0.3 is 30.8 Å². The van der Waals surface area contributed by atoms with Crippen molar-refractivity contribution >= 4 is 17.9 Å². The lowest BCUT2D eigenvalue weighted by molar-refractivity contribution is -0.150. The van der Waals surface area contributed by atoms with Crippen molar-refractivity contribution in [2.75, 3.05) is 19.6 Å². The van der Waals surface area contributed by atoms with Gasteiger partial charge in [-0.3, -0.25) is 14.5 Å². The maximum Gasteiger partial charge on any atom is 0.332 e. The zero-order valence-electron chi connectivity index (χ0n) is 11.8. The van der Waals surface area contributed by atoms with Gasteiger partial charge in [-0.25, -0.2) is 4.79 Å². The predicted molar refractivity (Wildman–Crippen MR) is 71.3 cm³/mol. The number of aliphatic carboxylic acids is 3. The van der Waals surface area contributed by atoms with E-state index in [0.29, 0.717) is 13.0 Å². The lowest BCUT2D eigenvalue weighted by atomic mass is 10.0. The third-order valence-electron chi connectivity index (χ3n) is 3.56. The number of carboxylic acids is 3. The first-order valence-corrected chi connectivity index (χ1v) is 6.76. The standard InChI is InChI=1S/C12H20N2O8/c15-7(11(19)20)1-3-13-9(12(21)22)8(16)5-14-4-2-6(14)10(17)18/h6-9,13,15-16H,1-5H2,(H,17,18)(H,19,20)(H,21,22)/t6-,7-,8-,9-/m0/s1. The van der Waals surface area contributed by atoms with Crippen LogP contribution >= 0.6 is 0 Å². The Balaban J connectivity index is 2.46. The van der Waals surface area contributed by atoms with Gasteiger partial charge in [0.25, 0.3) is 0 Å². The van der Waals surface area contributed by atoms with E-state index < -0.39 is 42.2 Å². The first kappa shape index (κ1) is 18.3. The van der Waals surface area contributed by atoms with Crippen LogP contribution in [0.3, 0.4) is 0 Å². The number of likely N-dealkylation sites (tertiary alicyclic amines) is 1. The fourth-order valence-electron chi connectivity index (χ4n) is 2.17. The third kappa shape index (κ3) is 4.91. The number of β-amino-alcohol motifs (C(OH)–C–C–N with tert-alkyl or cyclic N) is 1. The van der Waals surface area contributed by atoms with Gasteiger partial charge in [-0.15, -0.1) is 0 Å². The van der Waals surface area contributed by atoms with Crippen molar-refractivity contribution in [1.29, 1.82) is 0 Å². The Bertz CT molecular complexity index is 429. The topological polar surface area (TPSA) is 168 Å². The van der Waals surface area contributed by atoms with Gasteiger partial charge in [0.15, 0.2) is 6.10 Å². The zero-order valence-corrected chi connectivity index (χ0v) is 11.8. The summed E-state index contributed by atoms with van der Waals surface area (Å²) >= 11 is 0. The first-order chi connectivity index (χ1) is 10.2. The minimum Gasteiger partial charge on any atom is -0.480 e. The molecule has 0 radical (unpaired) electrons. The summed E-state index contributed by atoms with van der Waals surface area (Å²) in [5.41, 5.74) is 0. The van der Waals surface area contributed by atoms with Gasteiger partial charge in [-0.1, -0.05) is 0 Å². The van der Waals surface area contributed by atoms with Crippen LogP contribution in [0.2, 0.25) is 0 Å². The Kier molecular flexibility index (Phi) is 6.68. The van der Waals surface area contributed by atoms with E-state index in [1.165, 1.54) is 4.90 Å². The number of nitrogens with zero attached hydrogens (tertiary/aromatic N) is 1. The maximum atomic E-state index is 11.1. The Morgan fingerprint density at radius 2 is 1.77 bits per heavy atom. The van der Waals surface area contributed by atoms with Crippen molar-refractivity contribution in [3.05, 3.63) is 0 Å². The van der Waals surface area contributed by atoms with Crippen molar-refractivity contribution in [3.63, 3.8) is 0 Å². The molecule has 10 nitrogen and oxygen atoms in total. The second-order valence-corrected chi connectivity index (χ2v) is 5.12. The number of hydrogen-bond donors (Lipinski definition) is 6. The monoisotopic (exact) mass is 320 g/mol. The van der Waals surface area contributed by atoms with Crippen LogP contribution in [-0.2, 0) is 14.4 Å². The van der Waals surface area contributed by atoms with Gasteiger partial charge >= 0.3 is 17.9 Å². The van der Waals surface area contributed by atoms with Crippen LogP contribution in [0, 0.1) is 0 Å². The minimum absolute atomic E-state index is 0.121. The van der Waals surface area contributed by atoms with E-state index in [1.807, 2.05) is 0 Å². The van der Waals surface area contributed by atoms with Crippen LogP contribution < -0.4 is 5.32 Å². The van der Waals surface area contributed by atoms with E-state index in [2.05, 4.69) is 5.32 Å². The molecule has 4 atom stereocenters. The van der Waals surface area contributed by atoms with Crippen LogP contribution in [0.4, 0.5) is 0 Å². The minimum atomic E-state index is -1.62. The molecule has 1 heterocycles. The Morgan fingerprint density at radius 1 is 1.14 bits per heavy atom. The molecular weight excluding hydrogens is 300 g/mol. The number of carbonyl (C=O) groups is 3. The SMILES string of the molecule is O=C(O)[C@@H](NCC[C@H](O)C(=O)O)[C@@H](O)CN1CC[C@H]1C(=O)O. The molecule has 0 aliphatic carbocycles. The average Bonchev–Trinajstić information content (AvgIpc) is 2.37. The van der Waals surface area contributed by atoms with Gasteiger partial charge in [0, 0.05) is 13.1 Å². The largest absolute Gasteiger partial charge is 0.480 e. The molecule has 22 heavy (non-hydrogen) atoms. The summed E-state index contributed by atoms with van der Waals surface area (Å²) in [6.45, 7) is 0.213. The molecule has 0 aromatic rings. The van der Waals surface area contributed by atoms with Crippen molar-refractivity contribution in [3.8, 4) is 0 Å². The van der Waals surface area contributed by atoms with E-state index in [1.54, 1.807) is 0 Å². The number of nitrogens with one attached hydrogen (secondary N) is 1. The molecule has 6 N–H and O–H groups in total. The van der Waals surface area contributed by atoms with Gasteiger partial charge in [-0.05, 0) is 19.4 Å². The number of aliphatic hydroxyl groups excluding tert-OH is 2. The van der Waals surface area contributed by atoms with E-state index >= 15 is 0 Å². The van der Waals surface area contributed by atoms with Crippen LogP contribution in [0.25, 0.3) is 0 Å². The van der Waals surface area contributed by atoms with E-state index in [-0.39, 0.29) is 19.5 Å². The zero-order chi connectivity index (χ0) is 16.9. The van der Waals surface area contributed by atoms with E-state index in [9.17, 15) is 19.5 Å².